The maximum Gasteiger partial charge on any atom is 0.142 e. The van der Waals surface area contributed by atoms with Crippen LogP contribution >= 0.6 is 11.6 Å². The van der Waals surface area contributed by atoms with Crippen molar-refractivity contribution >= 4 is 17.4 Å². The van der Waals surface area contributed by atoms with E-state index in [9.17, 15) is 9.65 Å². The minimum Gasteiger partial charge on any atom is -0.490 e. The Kier molecular flexibility index (Phi) is 8.81. The molecule has 1 N–H and O–H groups in total. The van der Waals surface area contributed by atoms with Crippen molar-refractivity contribution in [3.8, 4) is 11.8 Å². The number of hydrogen-bond acceptors (Lipinski definition) is 4. The Morgan fingerprint density at radius 3 is 2.51 bits per heavy atom. The molecule has 4 rings (SSSR count). The Balaban J connectivity index is 1.60. The second kappa shape index (κ2) is 12.4. The average Bonchev–Trinajstić information content (AvgIpc) is 2.91. The molecule has 1 fully saturated rings. The first-order chi connectivity index (χ1) is 18.0. The fourth-order valence-electron chi connectivity index (χ4n) is 4.51. The van der Waals surface area contributed by atoms with Crippen LogP contribution in [0, 0.1) is 17.1 Å². The van der Waals surface area contributed by atoms with E-state index in [2.05, 4.69) is 29.8 Å². The molecular formula is C30H30ClFN4O. The molecule has 5 nitrogen and oxygen atoms in total. The summed E-state index contributed by atoms with van der Waals surface area (Å²) in [6.45, 7) is 7.72. The van der Waals surface area contributed by atoms with Crippen molar-refractivity contribution < 1.29 is 9.13 Å². The standard InChI is InChI=1S/C30H30ClFN4O/c1-3-4-5-6-27-21(2)35-30(34-20-22-7-9-23(31)10-8-22)28(19-33)29(27)36-17-15-26(16-18-36)37-25-13-11-24(32)12-14-25/h3-14,21,26H,1,15-18,20H2,2H3,(H,34,35)/b5-4-,27-6+. The molecule has 0 aliphatic carbocycles. The van der Waals surface area contributed by atoms with Gasteiger partial charge >= 0.3 is 0 Å². The number of nitrogens with zero attached hydrogens (tertiary/aromatic N) is 3. The first-order valence-corrected chi connectivity index (χ1v) is 12.7. The molecule has 2 aliphatic rings. The van der Waals surface area contributed by atoms with Crippen LogP contribution in [-0.4, -0.2) is 36.0 Å². The summed E-state index contributed by atoms with van der Waals surface area (Å²) in [5.41, 5.74) is 3.47. The number of aliphatic imine (C=N–C) groups is 1. The van der Waals surface area contributed by atoms with E-state index in [0.717, 1.165) is 42.8 Å². The Labute approximate surface area is 222 Å². The lowest BCUT2D eigenvalue weighted by Crippen LogP contribution is -2.47. The van der Waals surface area contributed by atoms with E-state index in [1.165, 1.54) is 12.1 Å². The number of halogens is 2. The molecule has 0 spiro atoms. The van der Waals surface area contributed by atoms with Gasteiger partial charge in [-0.15, -0.1) is 0 Å². The number of hydrogen-bond donors (Lipinski definition) is 1. The fraction of sp³-hybridized carbons (Fsp3) is 0.267. The van der Waals surface area contributed by atoms with E-state index < -0.39 is 0 Å². The molecule has 0 bridgehead atoms. The van der Waals surface area contributed by atoms with E-state index in [0.29, 0.717) is 28.7 Å². The molecule has 0 radical (unpaired) electrons. The number of likely N-dealkylation sites (tertiary alicyclic amines) is 1. The van der Waals surface area contributed by atoms with Gasteiger partial charge in [-0.3, -0.25) is 4.99 Å². The minimum absolute atomic E-state index is 0.0260. The third-order valence-corrected chi connectivity index (χ3v) is 6.66. The van der Waals surface area contributed by atoms with Gasteiger partial charge in [-0.05, 0) is 54.5 Å². The monoisotopic (exact) mass is 516 g/mol. The number of piperidine rings is 1. The summed E-state index contributed by atoms with van der Waals surface area (Å²) in [4.78, 5) is 7.03. The molecule has 7 heteroatoms. The van der Waals surface area contributed by atoms with Crippen molar-refractivity contribution in [2.75, 3.05) is 13.1 Å². The molecule has 0 aromatic heterocycles. The summed E-state index contributed by atoms with van der Waals surface area (Å²) in [6.07, 6.45) is 9.17. The number of benzene rings is 2. The lowest BCUT2D eigenvalue weighted by Gasteiger charge is -2.40. The largest absolute Gasteiger partial charge is 0.490 e. The second-order valence-corrected chi connectivity index (χ2v) is 9.43. The lowest BCUT2D eigenvalue weighted by molar-refractivity contribution is 0.117. The van der Waals surface area contributed by atoms with Gasteiger partial charge in [0.2, 0.25) is 0 Å². The van der Waals surface area contributed by atoms with Gasteiger partial charge < -0.3 is 15.0 Å². The number of ether oxygens (including phenoxy) is 1. The van der Waals surface area contributed by atoms with Crippen molar-refractivity contribution in [2.24, 2.45) is 4.99 Å². The van der Waals surface area contributed by atoms with Crippen molar-refractivity contribution in [3.05, 3.63) is 113 Å². The van der Waals surface area contributed by atoms with Gasteiger partial charge in [0.15, 0.2) is 0 Å². The third kappa shape index (κ3) is 6.69. The molecular weight excluding hydrogens is 487 g/mol. The van der Waals surface area contributed by atoms with E-state index in [-0.39, 0.29) is 18.0 Å². The van der Waals surface area contributed by atoms with Crippen LogP contribution < -0.4 is 10.1 Å². The molecule has 2 heterocycles. The summed E-state index contributed by atoms with van der Waals surface area (Å²) in [5, 5.41) is 14.4. The van der Waals surface area contributed by atoms with Crippen LogP contribution in [0.5, 0.6) is 5.75 Å². The second-order valence-electron chi connectivity index (χ2n) is 8.99. The van der Waals surface area contributed by atoms with Crippen molar-refractivity contribution in [1.82, 2.24) is 10.2 Å². The first-order valence-electron chi connectivity index (χ1n) is 12.4. The van der Waals surface area contributed by atoms with Gasteiger partial charge in [0, 0.05) is 31.0 Å². The molecule has 2 aromatic carbocycles. The van der Waals surface area contributed by atoms with E-state index in [4.69, 9.17) is 21.3 Å². The molecule has 2 aromatic rings. The van der Waals surface area contributed by atoms with Crippen LogP contribution in [0.1, 0.15) is 25.3 Å². The van der Waals surface area contributed by atoms with Crippen LogP contribution in [0.25, 0.3) is 0 Å². The van der Waals surface area contributed by atoms with Crippen molar-refractivity contribution in [1.29, 1.82) is 5.26 Å². The van der Waals surface area contributed by atoms with Crippen LogP contribution in [-0.2, 0) is 6.54 Å². The quantitative estimate of drug-likeness (QED) is 0.435. The zero-order valence-electron chi connectivity index (χ0n) is 20.8. The Morgan fingerprint density at radius 1 is 1.16 bits per heavy atom. The van der Waals surface area contributed by atoms with Crippen LogP contribution in [0.15, 0.2) is 101 Å². The van der Waals surface area contributed by atoms with E-state index in [1.54, 1.807) is 18.2 Å². The van der Waals surface area contributed by atoms with Crippen molar-refractivity contribution in [3.63, 3.8) is 0 Å². The smallest absolute Gasteiger partial charge is 0.142 e. The predicted molar refractivity (Wildman–Crippen MR) is 147 cm³/mol. The summed E-state index contributed by atoms with van der Waals surface area (Å²) in [7, 11) is 0. The number of allylic oxidation sites excluding steroid dienone is 4. The minimum atomic E-state index is -0.281. The van der Waals surface area contributed by atoms with Gasteiger partial charge in [0.05, 0.1) is 18.3 Å². The van der Waals surface area contributed by atoms with Gasteiger partial charge in [0.25, 0.3) is 0 Å². The summed E-state index contributed by atoms with van der Waals surface area (Å²) in [6, 6.07) is 16.0. The van der Waals surface area contributed by atoms with E-state index in [1.807, 2.05) is 42.5 Å². The predicted octanol–water partition coefficient (Wildman–Crippen LogP) is 6.36. The number of rotatable bonds is 7. The van der Waals surface area contributed by atoms with E-state index >= 15 is 0 Å². The molecule has 1 unspecified atom stereocenters. The third-order valence-electron chi connectivity index (χ3n) is 6.41. The molecule has 1 atom stereocenters. The SMILES string of the molecule is C=C/C=C\C=C1\C(N2CCC(Oc3ccc(F)cc3)CC2)=C(C#N)C(=NCc2ccc(Cl)cc2)NC1C. The highest BCUT2D eigenvalue weighted by Gasteiger charge is 2.33. The van der Waals surface area contributed by atoms with Gasteiger partial charge in [-0.25, -0.2) is 4.39 Å². The fourth-order valence-corrected chi connectivity index (χ4v) is 4.64. The molecule has 0 saturated carbocycles. The summed E-state index contributed by atoms with van der Waals surface area (Å²) >= 11 is 6.01. The molecule has 0 amide bonds. The normalized spacial score (nSPS) is 20.8. The van der Waals surface area contributed by atoms with Crippen LogP contribution in [0.2, 0.25) is 5.02 Å². The van der Waals surface area contributed by atoms with Crippen LogP contribution in [0.4, 0.5) is 4.39 Å². The molecule has 37 heavy (non-hydrogen) atoms. The Morgan fingerprint density at radius 2 is 1.86 bits per heavy atom. The number of nitrogens with one attached hydrogen (secondary N) is 1. The highest BCUT2D eigenvalue weighted by molar-refractivity contribution is 6.30. The van der Waals surface area contributed by atoms with Crippen molar-refractivity contribution in [2.45, 2.75) is 38.5 Å². The van der Waals surface area contributed by atoms with Gasteiger partial charge in [-0.2, -0.15) is 5.26 Å². The first kappa shape index (κ1) is 26.2. The molecule has 190 valence electrons. The van der Waals surface area contributed by atoms with Gasteiger partial charge in [-0.1, -0.05) is 54.6 Å². The Hall–Kier alpha value is -3.82. The maximum atomic E-state index is 13.2. The topological polar surface area (TPSA) is 60.6 Å². The molecule has 2 aliphatic heterocycles. The maximum absolute atomic E-state index is 13.2. The lowest BCUT2D eigenvalue weighted by atomic mass is 9.92. The number of nitriles is 1. The zero-order chi connectivity index (χ0) is 26.2. The average molecular weight is 517 g/mol. The van der Waals surface area contributed by atoms with Crippen LogP contribution in [0.3, 0.4) is 0 Å². The number of amidine groups is 1. The highest BCUT2D eigenvalue weighted by atomic mass is 35.5. The molecule has 1 saturated heterocycles. The van der Waals surface area contributed by atoms with Gasteiger partial charge in [0.1, 0.15) is 35.1 Å². The summed E-state index contributed by atoms with van der Waals surface area (Å²) < 4.78 is 19.3. The highest BCUT2D eigenvalue weighted by Crippen LogP contribution is 2.31. The Bertz CT molecular complexity index is 1260. The zero-order valence-corrected chi connectivity index (χ0v) is 21.6. The summed E-state index contributed by atoms with van der Waals surface area (Å²) in [5.74, 6) is 0.977.